The zero-order valence-electron chi connectivity index (χ0n) is 12.1. The van der Waals surface area contributed by atoms with Gasteiger partial charge in [0.15, 0.2) is 5.82 Å². The third-order valence-corrected chi connectivity index (χ3v) is 3.17. The van der Waals surface area contributed by atoms with E-state index < -0.39 is 0 Å². The van der Waals surface area contributed by atoms with Crippen LogP contribution in [0.25, 0.3) is 0 Å². The fraction of sp³-hybridized carbons (Fsp3) is 0.467. The lowest BCUT2D eigenvalue weighted by Crippen LogP contribution is -2.16. The molecule has 0 amide bonds. The zero-order chi connectivity index (χ0) is 14.4. The van der Waals surface area contributed by atoms with E-state index >= 15 is 0 Å². The minimum Gasteiger partial charge on any atom is -0.338 e. The number of nitrogens with zero attached hydrogens (tertiary/aromatic N) is 3. The first-order valence-electron chi connectivity index (χ1n) is 6.92. The Morgan fingerprint density at radius 3 is 2.65 bits per heavy atom. The normalized spacial score (nSPS) is 12.8. The molecule has 20 heavy (non-hydrogen) atoms. The van der Waals surface area contributed by atoms with E-state index in [4.69, 9.17) is 10.3 Å². The molecule has 108 valence electrons. The van der Waals surface area contributed by atoms with Crippen LogP contribution in [-0.4, -0.2) is 35.7 Å². The molecule has 5 heteroatoms. The molecular formula is C15H22N4O. The van der Waals surface area contributed by atoms with Crippen molar-refractivity contribution in [3.05, 3.63) is 47.6 Å². The maximum absolute atomic E-state index is 6.11. The van der Waals surface area contributed by atoms with Gasteiger partial charge in [0.1, 0.15) is 0 Å². The molecule has 1 heterocycles. The Bertz CT molecular complexity index is 510. The van der Waals surface area contributed by atoms with Crippen LogP contribution in [0.3, 0.4) is 0 Å². The molecule has 1 aromatic carbocycles. The summed E-state index contributed by atoms with van der Waals surface area (Å²) in [6.45, 7) is 0.901. The molecule has 0 spiro atoms. The largest absolute Gasteiger partial charge is 0.338 e. The first-order chi connectivity index (χ1) is 9.65. The molecule has 0 fully saturated rings. The van der Waals surface area contributed by atoms with Gasteiger partial charge in [-0.2, -0.15) is 4.98 Å². The summed E-state index contributed by atoms with van der Waals surface area (Å²) < 4.78 is 5.24. The Balaban J connectivity index is 1.84. The van der Waals surface area contributed by atoms with Crippen LogP contribution in [0.2, 0.25) is 0 Å². The van der Waals surface area contributed by atoms with Crippen molar-refractivity contribution < 1.29 is 4.52 Å². The molecule has 2 rings (SSSR count). The minimum atomic E-state index is -0.198. The lowest BCUT2D eigenvalue weighted by Gasteiger charge is -2.06. The van der Waals surface area contributed by atoms with Crippen molar-refractivity contribution in [2.24, 2.45) is 5.73 Å². The van der Waals surface area contributed by atoms with E-state index in [1.807, 2.05) is 32.3 Å². The fourth-order valence-corrected chi connectivity index (χ4v) is 1.93. The number of benzene rings is 1. The predicted molar refractivity (Wildman–Crippen MR) is 78.2 cm³/mol. The highest BCUT2D eigenvalue weighted by molar-refractivity contribution is 5.15. The van der Waals surface area contributed by atoms with Gasteiger partial charge in [-0.1, -0.05) is 35.5 Å². The van der Waals surface area contributed by atoms with Crippen LogP contribution in [0.1, 0.15) is 29.7 Å². The van der Waals surface area contributed by atoms with Crippen LogP contribution >= 0.6 is 0 Å². The summed E-state index contributed by atoms with van der Waals surface area (Å²) in [4.78, 5) is 6.45. The minimum absolute atomic E-state index is 0.198. The van der Waals surface area contributed by atoms with Crippen LogP contribution in [0, 0.1) is 0 Å². The van der Waals surface area contributed by atoms with Crippen LogP contribution in [-0.2, 0) is 12.8 Å². The van der Waals surface area contributed by atoms with Crippen molar-refractivity contribution in [2.75, 3.05) is 20.6 Å². The van der Waals surface area contributed by atoms with Crippen LogP contribution in [0.15, 0.2) is 34.9 Å². The predicted octanol–water partition coefficient (Wildman–Crippen LogP) is 1.81. The number of rotatable bonds is 7. The Hall–Kier alpha value is -1.72. The molecule has 0 aliphatic carbocycles. The van der Waals surface area contributed by atoms with Gasteiger partial charge >= 0.3 is 0 Å². The highest BCUT2D eigenvalue weighted by atomic mass is 16.5. The van der Waals surface area contributed by atoms with Crippen molar-refractivity contribution in [3.63, 3.8) is 0 Å². The third kappa shape index (κ3) is 4.43. The van der Waals surface area contributed by atoms with Crippen molar-refractivity contribution in [2.45, 2.75) is 25.3 Å². The summed E-state index contributed by atoms with van der Waals surface area (Å²) in [6, 6.07) is 10.1. The summed E-state index contributed by atoms with van der Waals surface area (Å²) in [7, 11) is 4.04. The number of likely N-dealkylation sites (N-methyl/N-ethyl adjacent to an activating group) is 1. The van der Waals surface area contributed by atoms with E-state index in [0.717, 1.165) is 31.6 Å². The SMILES string of the molecule is CN(C)CCc1noc(C(N)CCc2ccccc2)n1. The molecule has 0 saturated heterocycles. The number of nitrogens with two attached hydrogens (primary N) is 1. The van der Waals surface area contributed by atoms with Gasteiger partial charge in [0.2, 0.25) is 5.89 Å². The monoisotopic (exact) mass is 274 g/mol. The second-order valence-corrected chi connectivity index (χ2v) is 5.23. The van der Waals surface area contributed by atoms with Crippen molar-refractivity contribution in [1.82, 2.24) is 15.0 Å². The quantitative estimate of drug-likeness (QED) is 0.834. The van der Waals surface area contributed by atoms with Gasteiger partial charge in [-0.15, -0.1) is 0 Å². The van der Waals surface area contributed by atoms with Crippen molar-refractivity contribution in [3.8, 4) is 0 Å². The van der Waals surface area contributed by atoms with Gasteiger partial charge in [-0.3, -0.25) is 0 Å². The molecule has 0 saturated carbocycles. The second kappa shape index (κ2) is 7.17. The Morgan fingerprint density at radius 1 is 1.20 bits per heavy atom. The lowest BCUT2D eigenvalue weighted by molar-refractivity contribution is 0.342. The molecular weight excluding hydrogens is 252 g/mol. The summed E-state index contributed by atoms with van der Waals surface area (Å²) in [5, 5.41) is 3.97. The van der Waals surface area contributed by atoms with Gasteiger partial charge in [0, 0.05) is 13.0 Å². The van der Waals surface area contributed by atoms with Gasteiger partial charge in [-0.05, 0) is 32.5 Å². The topological polar surface area (TPSA) is 68.2 Å². The fourth-order valence-electron chi connectivity index (χ4n) is 1.93. The highest BCUT2D eigenvalue weighted by Gasteiger charge is 2.14. The summed E-state index contributed by atoms with van der Waals surface area (Å²) in [5.41, 5.74) is 7.38. The summed E-state index contributed by atoms with van der Waals surface area (Å²) in [6.07, 6.45) is 2.50. The molecule has 1 atom stereocenters. The number of aryl methyl sites for hydroxylation is 1. The maximum Gasteiger partial charge on any atom is 0.243 e. The third-order valence-electron chi connectivity index (χ3n) is 3.17. The molecule has 0 aliphatic rings. The number of hydrogen-bond acceptors (Lipinski definition) is 5. The van der Waals surface area contributed by atoms with Crippen molar-refractivity contribution >= 4 is 0 Å². The zero-order valence-corrected chi connectivity index (χ0v) is 12.1. The highest BCUT2D eigenvalue weighted by Crippen LogP contribution is 2.15. The Labute approximate surface area is 119 Å². The molecule has 1 unspecified atom stereocenters. The number of aromatic nitrogens is 2. The van der Waals surface area contributed by atoms with Crippen LogP contribution in [0.5, 0.6) is 0 Å². The molecule has 1 aromatic heterocycles. The molecule has 0 bridgehead atoms. The summed E-state index contributed by atoms with van der Waals surface area (Å²) in [5.74, 6) is 1.26. The Morgan fingerprint density at radius 2 is 1.95 bits per heavy atom. The average Bonchev–Trinajstić information content (AvgIpc) is 2.92. The van der Waals surface area contributed by atoms with Gasteiger partial charge in [-0.25, -0.2) is 0 Å². The Kier molecular flexibility index (Phi) is 5.26. The van der Waals surface area contributed by atoms with E-state index in [2.05, 4.69) is 27.2 Å². The first-order valence-corrected chi connectivity index (χ1v) is 6.92. The average molecular weight is 274 g/mol. The van der Waals surface area contributed by atoms with E-state index in [1.54, 1.807) is 0 Å². The standard InChI is InChI=1S/C15H22N4O/c1-19(2)11-10-14-17-15(20-18-14)13(16)9-8-12-6-4-3-5-7-12/h3-7,13H,8-11,16H2,1-2H3. The van der Waals surface area contributed by atoms with E-state index in [9.17, 15) is 0 Å². The molecule has 2 aromatic rings. The second-order valence-electron chi connectivity index (χ2n) is 5.23. The van der Waals surface area contributed by atoms with Gasteiger partial charge in [0.25, 0.3) is 0 Å². The van der Waals surface area contributed by atoms with Crippen LogP contribution < -0.4 is 5.73 Å². The smallest absolute Gasteiger partial charge is 0.243 e. The summed E-state index contributed by atoms with van der Waals surface area (Å²) >= 11 is 0. The van der Waals surface area contributed by atoms with E-state index in [-0.39, 0.29) is 6.04 Å². The number of hydrogen-bond donors (Lipinski definition) is 1. The van der Waals surface area contributed by atoms with E-state index in [1.165, 1.54) is 5.56 Å². The maximum atomic E-state index is 6.11. The van der Waals surface area contributed by atoms with Crippen LogP contribution in [0.4, 0.5) is 0 Å². The molecule has 0 radical (unpaired) electrons. The van der Waals surface area contributed by atoms with Crippen molar-refractivity contribution in [1.29, 1.82) is 0 Å². The molecule has 2 N–H and O–H groups in total. The molecule has 5 nitrogen and oxygen atoms in total. The molecule has 0 aliphatic heterocycles. The van der Waals surface area contributed by atoms with E-state index in [0.29, 0.717) is 5.89 Å². The van der Waals surface area contributed by atoms with Gasteiger partial charge < -0.3 is 15.2 Å². The first kappa shape index (κ1) is 14.7. The van der Waals surface area contributed by atoms with Gasteiger partial charge in [0.05, 0.1) is 6.04 Å². The lowest BCUT2D eigenvalue weighted by atomic mass is 10.1.